The first kappa shape index (κ1) is 12.2. The minimum Gasteiger partial charge on any atom is -0.492 e. The summed E-state index contributed by atoms with van der Waals surface area (Å²) in [6.07, 6.45) is 1.02. The van der Waals surface area contributed by atoms with Crippen molar-refractivity contribution in [3.05, 3.63) is 24.3 Å². The molecule has 1 aliphatic rings. The second kappa shape index (κ2) is 4.57. The van der Waals surface area contributed by atoms with Crippen LogP contribution in [0.3, 0.4) is 0 Å². The maximum absolute atomic E-state index is 6.08. The Kier molecular flexibility index (Phi) is 3.29. The Morgan fingerprint density at radius 2 is 2.12 bits per heavy atom. The highest BCUT2D eigenvalue weighted by atomic mass is 16.5. The van der Waals surface area contributed by atoms with Crippen LogP contribution in [0.5, 0.6) is 5.75 Å². The molecular weight excluding hydrogens is 212 g/mol. The van der Waals surface area contributed by atoms with Gasteiger partial charge in [0.25, 0.3) is 0 Å². The van der Waals surface area contributed by atoms with Crippen LogP contribution in [0, 0.1) is 0 Å². The summed E-state index contributed by atoms with van der Waals surface area (Å²) < 4.78 is 5.70. The van der Waals surface area contributed by atoms with E-state index in [9.17, 15) is 0 Å². The van der Waals surface area contributed by atoms with Crippen molar-refractivity contribution in [3.8, 4) is 5.75 Å². The van der Waals surface area contributed by atoms with E-state index >= 15 is 0 Å². The number of nitrogens with two attached hydrogens (primary N) is 1. The standard InChI is InChI=1S/C14H22N2O/c1-4-17-13-8-6-5-7-12(13)16-10-11(15)9-14(16,2)3/h5-8,11H,4,9-10,15H2,1-3H3. The van der Waals surface area contributed by atoms with Crippen LogP contribution in [0.15, 0.2) is 24.3 Å². The summed E-state index contributed by atoms with van der Waals surface area (Å²) in [4.78, 5) is 2.36. The summed E-state index contributed by atoms with van der Waals surface area (Å²) in [7, 11) is 0. The first-order valence-corrected chi connectivity index (χ1v) is 6.29. The highest BCUT2D eigenvalue weighted by Gasteiger charge is 2.37. The minimum absolute atomic E-state index is 0.104. The van der Waals surface area contributed by atoms with Gasteiger partial charge in [0.15, 0.2) is 0 Å². The number of ether oxygens (including phenoxy) is 1. The van der Waals surface area contributed by atoms with Gasteiger partial charge in [-0.05, 0) is 39.3 Å². The second-order valence-electron chi connectivity index (χ2n) is 5.29. The van der Waals surface area contributed by atoms with Crippen molar-refractivity contribution in [2.75, 3.05) is 18.1 Å². The number of hydrogen-bond donors (Lipinski definition) is 1. The summed E-state index contributed by atoms with van der Waals surface area (Å²) in [5.41, 5.74) is 7.34. The lowest BCUT2D eigenvalue weighted by atomic mass is 10.00. The molecular formula is C14H22N2O. The predicted octanol–water partition coefficient (Wildman–Crippen LogP) is 2.40. The Bertz CT molecular complexity index is 390. The highest BCUT2D eigenvalue weighted by molar-refractivity contribution is 5.61. The van der Waals surface area contributed by atoms with E-state index in [1.807, 2.05) is 19.1 Å². The lowest BCUT2D eigenvalue weighted by molar-refractivity contribution is 0.338. The van der Waals surface area contributed by atoms with Crippen molar-refractivity contribution in [2.24, 2.45) is 5.73 Å². The molecule has 1 unspecified atom stereocenters. The molecule has 2 rings (SSSR count). The number of para-hydroxylation sites is 2. The van der Waals surface area contributed by atoms with Crippen LogP contribution < -0.4 is 15.4 Å². The van der Waals surface area contributed by atoms with Crippen LogP contribution >= 0.6 is 0 Å². The zero-order valence-corrected chi connectivity index (χ0v) is 10.9. The molecule has 1 saturated heterocycles. The van der Waals surface area contributed by atoms with Gasteiger partial charge in [-0.3, -0.25) is 0 Å². The van der Waals surface area contributed by atoms with Crippen molar-refractivity contribution >= 4 is 5.69 Å². The van der Waals surface area contributed by atoms with Gasteiger partial charge in [-0.2, -0.15) is 0 Å². The van der Waals surface area contributed by atoms with Crippen molar-refractivity contribution in [1.82, 2.24) is 0 Å². The Hall–Kier alpha value is -1.22. The number of rotatable bonds is 3. The molecule has 0 spiro atoms. The quantitative estimate of drug-likeness (QED) is 0.872. The van der Waals surface area contributed by atoms with Gasteiger partial charge >= 0.3 is 0 Å². The average Bonchev–Trinajstić information content (AvgIpc) is 2.53. The normalized spacial score (nSPS) is 22.8. The van der Waals surface area contributed by atoms with Gasteiger partial charge in [-0.15, -0.1) is 0 Å². The monoisotopic (exact) mass is 234 g/mol. The van der Waals surface area contributed by atoms with Crippen LogP contribution in [0.25, 0.3) is 0 Å². The summed E-state index contributed by atoms with van der Waals surface area (Å²) in [5, 5.41) is 0. The lowest BCUT2D eigenvalue weighted by Gasteiger charge is -2.34. The molecule has 1 fully saturated rings. The molecule has 2 N–H and O–H groups in total. The highest BCUT2D eigenvalue weighted by Crippen LogP contribution is 2.38. The number of anilines is 1. The van der Waals surface area contributed by atoms with Gasteiger partial charge in [-0.25, -0.2) is 0 Å². The largest absolute Gasteiger partial charge is 0.492 e. The molecule has 3 nitrogen and oxygen atoms in total. The van der Waals surface area contributed by atoms with Crippen LogP contribution in [0.1, 0.15) is 27.2 Å². The maximum Gasteiger partial charge on any atom is 0.142 e. The SMILES string of the molecule is CCOc1ccccc1N1CC(N)CC1(C)C. The van der Waals surface area contributed by atoms with Crippen molar-refractivity contribution in [3.63, 3.8) is 0 Å². The van der Waals surface area contributed by atoms with Crippen molar-refractivity contribution in [1.29, 1.82) is 0 Å². The average molecular weight is 234 g/mol. The lowest BCUT2D eigenvalue weighted by Crippen LogP contribution is -2.38. The van der Waals surface area contributed by atoms with E-state index in [0.29, 0.717) is 6.61 Å². The molecule has 0 aromatic heterocycles. The van der Waals surface area contributed by atoms with Gasteiger partial charge in [0.05, 0.1) is 12.3 Å². The third-order valence-electron chi connectivity index (χ3n) is 3.37. The number of hydrogen-bond acceptors (Lipinski definition) is 3. The first-order chi connectivity index (χ1) is 8.04. The molecule has 3 heteroatoms. The molecule has 17 heavy (non-hydrogen) atoms. The molecule has 0 aliphatic carbocycles. The topological polar surface area (TPSA) is 38.5 Å². The van der Waals surface area contributed by atoms with Gasteiger partial charge in [0.1, 0.15) is 5.75 Å². The predicted molar refractivity (Wildman–Crippen MR) is 71.6 cm³/mol. The molecule has 0 saturated carbocycles. The van der Waals surface area contributed by atoms with E-state index in [1.54, 1.807) is 0 Å². The fourth-order valence-electron chi connectivity index (χ4n) is 2.68. The molecule has 1 aliphatic heterocycles. The minimum atomic E-state index is 0.104. The Morgan fingerprint density at radius 1 is 1.41 bits per heavy atom. The molecule has 0 radical (unpaired) electrons. The third-order valence-corrected chi connectivity index (χ3v) is 3.37. The molecule has 1 aromatic carbocycles. The summed E-state index contributed by atoms with van der Waals surface area (Å²) >= 11 is 0. The van der Waals surface area contributed by atoms with Crippen molar-refractivity contribution in [2.45, 2.75) is 38.8 Å². The second-order valence-corrected chi connectivity index (χ2v) is 5.29. The van der Waals surface area contributed by atoms with Gasteiger partial charge in [-0.1, -0.05) is 12.1 Å². The summed E-state index contributed by atoms with van der Waals surface area (Å²) in [5.74, 6) is 0.956. The van der Waals surface area contributed by atoms with Crippen LogP contribution in [-0.2, 0) is 0 Å². The van der Waals surface area contributed by atoms with E-state index in [2.05, 4.69) is 30.9 Å². The van der Waals surface area contributed by atoms with Gasteiger partial charge in [0, 0.05) is 18.1 Å². The van der Waals surface area contributed by atoms with Gasteiger partial charge < -0.3 is 15.4 Å². The molecule has 0 amide bonds. The zero-order chi connectivity index (χ0) is 12.5. The van der Waals surface area contributed by atoms with Crippen LogP contribution in [0.2, 0.25) is 0 Å². The van der Waals surface area contributed by atoms with E-state index in [-0.39, 0.29) is 11.6 Å². The Labute approximate surface area is 104 Å². The van der Waals surface area contributed by atoms with E-state index < -0.39 is 0 Å². The van der Waals surface area contributed by atoms with Crippen LogP contribution in [-0.4, -0.2) is 24.7 Å². The fourth-order valence-corrected chi connectivity index (χ4v) is 2.68. The van der Waals surface area contributed by atoms with Crippen molar-refractivity contribution < 1.29 is 4.74 Å². The fraction of sp³-hybridized carbons (Fsp3) is 0.571. The number of benzene rings is 1. The van der Waals surface area contributed by atoms with Gasteiger partial charge in [0.2, 0.25) is 0 Å². The zero-order valence-electron chi connectivity index (χ0n) is 10.9. The molecule has 0 bridgehead atoms. The summed E-state index contributed by atoms with van der Waals surface area (Å²) in [6.45, 7) is 8.08. The molecule has 1 atom stereocenters. The maximum atomic E-state index is 6.08. The van der Waals surface area contributed by atoms with E-state index in [4.69, 9.17) is 10.5 Å². The number of nitrogens with zero attached hydrogens (tertiary/aromatic N) is 1. The smallest absolute Gasteiger partial charge is 0.142 e. The first-order valence-electron chi connectivity index (χ1n) is 6.29. The Balaban J connectivity index is 2.33. The van der Waals surface area contributed by atoms with E-state index in [1.165, 1.54) is 0 Å². The Morgan fingerprint density at radius 3 is 2.71 bits per heavy atom. The summed E-state index contributed by atoms with van der Waals surface area (Å²) in [6, 6.07) is 8.46. The molecule has 1 heterocycles. The molecule has 1 aromatic rings. The third kappa shape index (κ3) is 2.39. The van der Waals surface area contributed by atoms with E-state index in [0.717, 1.165) is 24.4 Å². The molecule has 94 valence electrons. The van der Waals surface area contributed by atoms with Crippen LogP contribution in [0.4, 0.5) is 5.69 Å².